The van der Waals surface area contributed by atoms with Crippen LogP contribution in [-0.2, 0) is 6.54 Å². The second-order valence-electron chi connectivity index (χ2n) is 7.29. The van der Waals surface area contributed by atoms with E-state index >= 15 is 0 Å². The maximum atomic E-state index is 6.41. The molecule has 31 heavy (non-hydrogen) atoms. The highest BCUT2D eigenvalue weighted by Gasteiger charge is 2.30. The van der Waals surface area contributed by atoms with Crippen molar-refractivity contribution in [1.82, 2.24) is 19.7 Å². The van der Waals surface area contributed by atoms with Gasteiger partial charge >= 0.3 is 0 Å². The third-order valence-electron chi connectivity index (χ3n) is 5.32. The standard InChI is InChI=1S/C22H18Cl2N6S/c1-12-13(2)31-21-19(12)20(15-6-8-16(23)9-7-15)28-29(22-27-26-14(3)30(21)22)11-18-17(24)5-4-10-25-18/h4-10H,11H2,1-3H3. The number of anilines is 1. The molecule has 4 heterocycles. The van der Waals surface area contributed by atoms with Crippen LogP contribution in [0, 0.1) is 20.8 Å². The van der Waals surface area contributed by atoms with Crippen LogP contribution in [0.15, 0.2) is 47.7 Å². The summed E-state index contributed by atoms with van der Waals surface area (Å²) < 4.78 is 2.06. The van der Waals surface area contributed by atoms with Gasteiger partial charge in [0.25, 0.3) is 5.95 Å². The van der Waals surface area contributed by atoms with Gasteiger partial charge < -0.3 is 0 Å². The molecule has 0 bridgehead atoms. The van der Waals surface area contributed by atoms with Crippen molar-refractivity contribution in [1.29, 1.82) is 0 Å². The minimum atomic E-state index is 0.363. The van der Waals surface area contributed by atoms with Crippen LogP contribution < -0.4 is 5.01 Å². The molecule has 0 saturated carbocycles. The van der Waals surface area contributed by atoms with Gasteiger partial charge in [-0.1, -0.05) is 35.3 Å². The molecular formula is C22H18Cl2N6S. The van der Waals surface area contributed by atoms with Gasteiger partial charge in [0.1, 0.15) is 16.5 Å². The van der Waals surface area contributed by atoms with Gasteiger partial charge in [0.15, 0.2) is 0 Å². The maximum absolute atomic E-state index is 6.41. The van der Waals surface area contributed by atoms with E-state index in [4.69, 9.17) is 28.3 Å². The van der Waals surface area contributed by atoms with Crippen LogP contribution in [0.2, 0.25) is 10.0 Å². The highest BCUT2D eigenvalue weighted by molar-refractivity contribution is 7.15. The number of aryl methyl sites for hydroxylation is 2. The van der Waals surface area contributed by atoms with E-state index in [1.165, 1.54) is 10.4 Å². The van der Waals surface area contributed by atoms with Crippen LogP contribution in [0.3, 0.4) is 0 Å². The average molecular weight is 469 g/mol. The number of thiophene rings is 1. The minimum Gasteiger partial charge on any atom is -0.258 e. The van der Waals surface area contributed by atoms with E-state index < -0.39 is 0 Å². The van der Waals surface area contributed by atoms with E-state index in [2.05, 4.69) is 33.6 Å². The first-order chi connectivity index (χ1) is 14.9. The van der Waals surface area contributed by atoms with Gasteiger partial charge in [-0.2, -0.15) is 5.10 Å². The lowest BCUT2D eigenvalue weighted by Gasteiger charge is -2.18. The molecule has 5 rings (SSSR count). The van der Waals surface area contributed by atoms with Crippen LogP contribution in [0.1, 0.15) is 33.1 Å². The molecule has 0 radical (unpaired) electrons. The number of nitrogens with zero attached hydrogens (tertiary/aromatic N) is 6. The fraction of sp³-hybridized carbons (Fsp3) is 0.182. The van der Waals surface area contributed by atoms with Gasteiger partial charge in [0.05, 0.1) is 17.3 Å². The fourth-order valence-electron chi connectivity index (χ4n) is 3.61. The molecule has 3 aromatic heterocycles. The normalized spacial score (nSPS) is 12.9. The number of pyridine rings is 1. The van der Waals surface area contributed by atoms with Crippen molar-refractivity contribution in [3.63, 3.8) is 0 Å². The summed E-state index contributed by atoms with van der Waals surface area (Å²) >= 11 is 14.3. The Hall–Kier alpha value is -2.74. The van der Waals surface area contributed by atoms with E-state index in [1.807, 2.05) is 48.3 Å². The monoisotopic (exact) mass is 468 g/mol. The zero-order chi connectivity index (χ0) is 21.7. The highest BCUT2D eigenvalue weighted by Crippen LogP contribution is 2.38. The second kappa shape index (κ2) is 7.75. The summed E-state index contributed by atoms with van der Waals surface area (Å²) in [5.41, 5.74) is 4.80. The molecule has 0 fully saturated rings. The van der Waals surface area contributed by atoms with Gasteiger partial charge in [-0.05, 0) is 50.6 Å². The van der Waals surface area contributed by atoms with E-state index in [1.54, 1.807) is 17.5 Å². The fourth-order valence-corrected chi connectivity index (χ4v) is 5.12. The lowest BCUT2D eigenvalue weighted by Crippen LogP contribution is -2.21. The van der Waals surface area contributed by atoms with Crippen LogP contribution in [0.25, 0.3) is 5.00 Å². The molecule has 0 amide bonds. The molecule has 0 aliphatic carbocycles. The Morgan fingerprint density at radius 3 is 2.52 bits per heavy atom. The van der Waals surface area contributed by atoms with Crippen molar-refractivity contribution >= 4 is 46.2 Å². The van der Waals surface area contributed by atoms with Crippen molar-refractivity contribution in [3.8, 4) is 5.00 Å². The molecule has 1 aromatic carbocycles. The SMILES string of the molecule is Cc1sc2c(c1C)C(c1ccc(Cl)cc1)=NN(Cc1ncccc1Cl)c1nnc(C)n1-2. The van der Waals surface area contributed by atoms with Crippen molar-refractivity contribution in [2.45, 2.75) is 27.3 Å². The number of benzene rings is 1. The molecule has 0 unspecified atom stereocenters. The third kappa shape index (κ3) is 3.43. The molecule has 1 aliphatic rings. The summed E-state index contributed by atoms with van der Waals surface area (Å²) in [6, 6.07) is 11.4. The zero-order valence-corrected chi connectivity index (χ0v) is 19.4. The number of halogens is 2. The quantitative estimate of drug-likeness (QED) is 0.385. The first kappa shape index (κ1) is 20.2. The highest BCUT2D eigenvalue weighted by atomic mass is 35.5. The maximum Gasteiger partial charge on any atom is 0.253 e. The molecule has 0 N–H and O–H groups in total. The summed E-state index contributed by atoms with van der Waals surface area (Å²) in [6.45, 7) is 6.56. The Bertz CT molecular complexity index is 1320. The smallest absolute Gasteiger partial charge is 0.253 e. The lowest BCUT2D eigenvalue weighted by molar-refractivity contribution is 0.780. The number of aromatic nitrogens is 4. The molecular weight excluding hydrogens is 451 g/mol. The van der Waals surface area contributed by atoms with Crippen molar-refractivity contribution in [2.24, 2.45) is 5.10 Å². The van der Waals surface area contributed by atoms with Gasteiger partial charge in [-0.25, -0.2) is 5.01 Å². The Balaban J connectivity index is 1.77. The summed E-state index contributed by atoms with van der Waals surface area (Å²) in [6.07, 6.45) is 1.73. The van der Waals surface area contributed by atoms with E-state index in [0.29, 0.717) is 28.2 Å². The Kier molecular flexibility index (Phi) is 5.04. The van der Waals surface area contributed by atoms with Crippen LogP contribution in [-0.4, -0.2) is 25.5 Å². The van der Waals surface area contributed by atoms with E-state index in [0.717, 1.165) is 27.7 Å². The summed E-state index contributed by atoms with van der Waals surface area (Å²) in [5.74, 6) is 1.42. The van der Waals surface area contributed by atoms with Crippen LogP contribution >= 0.6 is 34.5 Å². The molecule has 1 aliphatic heterocycles. The molecule has 0 spiro atoms. The molecule has 0 saturated heterocycles. The second-order valence-corrected chi connectivity index (χ2v) is 9.34. The van der Waals surface area contributed by atoms with E-state index in [-0.39, 0.29) is 0 Å². The van der Waals surface area contributed by atoms with Gasteiger partial charge in [0.2, 0.25) is 0 Å². The molecule has 0 atom stereocenters. The zero-order valence-electron chi connectivity index (χ0n) is 17.1. The van der Waals surface area contributed by atoms with Crippen LogP contribution in [0.4, 0.5) is 5.95 Å². The lowest BCUT2D eigenvalue weighted by atomic mass is 10.00. The summed E-state index contributed by atoms with van der Waals surface area (Å²) in [4.78, 5) is 5.67. The molecule has 6 nitrogen and oxygen atoms in total. The topological polar surface area (TPSA) is 59.2 Å². The Morgan fingerprint density at radius 1 is 1.00 bits per heavy atom. The van der Waals surface area contributed by atoms with E-state index in [9.17, 15) is 0 Å². The number of hydrogen-bond donors (Lipinski definition) is 0. The average Bonchev–Trinajstić information content (AvgIpc) is 3.22. The molecule has 9 heteroatoms. The largest absolute Gasteiger partial charge is 0.258 e. The predicted molar refractivity (Wildman–Crippen MR) is 126 cm³/mol. The minimum absolute atomic E-state index is 0.363. The number of fused-ring (bicyclic) bond motifs is 3. The van der Waals surface area contributed by atoms with Crippen molar-refractivity contribution in [2.75, 3.05) is 5.01 Å². The summed E-state index contributed by atoms with van der Waals surface area (Å²) in [5, 5.41) is 18.0. The Labute approximate surface area is 193 Å². The number of hydrogen-bond acceptors (Lipinski definition) is 6. The molecule has 156 valence electrons. The van der Waals surface area contributed by atoms with Crippen molar-refractivity contribution in [3.05, 3.63) is 85.7 Å². The van der Waals surface area contributed by atoms with Gasteiger partial charge in [0, 0.05) is 27.2 Å². The van der Waals surface area contributed by atoms with Gasteiger partial charge in [-0.3, -0.25) is 9.55 Å². The first-order valence-corrected chi connectivity index (χ1v) is 11.3. The third-order valence-corrected chi connectivity index (χ3v) is 7.11. The van der Waals surface area contributed by atoms with Gasteiger partial charge in [-0.15, -0.1) is 21.5 Å². The molecule has 4 aromatic rings. The Morgan fingerprint density at radius 2 is 1.77 bits per heavy atom. The number of hydrazone groups is 1. The predicted octanol–water partition coefficient (Wildman–Crippen LogP) is 5.73. The summed E-state index contributed by atoms with van der Waals surface area (Å²) in [7, 11) is 0. The first-order valence-electron chi connectivity index (χ1n) is 9.68. The van der Waals surface area contributed by atoms with Crippen LogP contribution in [0.5, 0.6) is 0 Å². The van der Waals surface area contributed by atoms with Crippen molar-refractivity contribution < 1.29 is 0 Å². The number of rotatable bonds is 3.